The van der Waals surface area contributed by atoms with Crippen LogP contribution in [0.2, 0.25) is 0 Å². The minimum atomic E-state index is -0.359. The van der Waals surface area contributed by atoms with Gasteiger partial charge in [-0.25, -0.2) is 0 Å². The summed E-state index contributed by atoms with van der Waals surface area (Å²) in [5, 5.41) is 18.5. The van der Waals surface area contributed by atoms with Crippen LogP contribution in [-0.2, 0) is 7.05 Å². The molecule has 0 aliphatic heterocycles. The Morgan fingerprint density at radius 3 is 2.82 bits per heavy atom. The summed E-state index contributed by atoms with van der Waals surface area (Å²) < 4.78 is 8.63. The summed E-state index contributed by atoms with van der Waals surface area (Å²) >= 11 is 0. The number of hydrogen-bond donors (Lipinski definition) is 1. The van der Waals surface area contributed by atoms with Crippen molar-refractivity contribution in [1.82, 2.24) is 29.8 Å². The predicted octanol–water partition coefficient (Wildman–Crippen LogP) is 1.50. The highest BCUT2D eigenvalue weighted by atomic mass is 16.4. The second kappa shape index (κ2) is 5.43. The molecule has 0 aromatic carbocycles. The van der Waals surface area contributed by atoms with Crippen molar-refractivity contribution in [1.29, 1.82) is 0 Å². The normalized spacial score (nSPS) is 11.1. The van der Waals surface area contributed by atoms with Gasteiger partial charge < -0.3 is 4.42 Å². The van der Waals surface area contributed by atoms with Gasteiger partial charge in [-0.3, -0.25) is 19.5 Å². The first kappa shape index (κ1) is 14.0. The summed E-state index contributed by atoms with van der Waals surface area (Å²) in [6.07, 6.45) is 3.33. The van der Waals surface area contributed by atoms with Gasteiger partial charge in [0.25, 0.3) is 11.8 Å². The Bertz CT molecular complexity index is 799. The molecule has 0 saturated carbocycles. The van der Waals surface area contributed by atoms with Gasteiger partial charge in [-0.15, -0.1) is 5.10 Å². The number of nitrogens with one attached hydrogen (secondary N) is 1. The van der Waals surface area contributed by atoms with Crippen molar-refractivity contribution < 1.29 is 9.21 Å². The van der Waals surface area contributed by atoms with Gasteiger partial charge in [0.2, 0.25) is 0 Å². The fourth-order valence-corrected chi connectivity index (χ4v) is 1.97. The molecule has 3 aromatic heterocycles. The zero-order chi connectivity index (χ0) is 15.7. The maximum atomic E-state index is 12.2. The van der Waals surface area contributed by atoms with Crippen molar-refractivity contribution in [2.24, 2.45) is 7.05 Å². The number of hydrogen-bond acceptors (Lipinski definition) is 6. The van der Waals surface area contributed by atoms with E-state index >= 15 is 0 Å². The highest BCUT2D eigenvalue weighted by Gasteiger charge is 2.18. The molecule has 0 atom stereocenters. The summed E-state index contributed by atoms with van der Waals surface area (Å²) in [4.78, 5) is 12.2. The quantitative estimate of drug-likeness (QED) is 0.783. The lowest BCUT2D eigenvalue weighted by Gasteiger charge is -2.09. The minimum Gasteiger partial charge on any atom is -0.401 e. The average Bonchev–Trinajstić information content (AvgIpc) is 3.16. The Balaban J connectivity index is 1.77. The summed E-state index contributed by atoms with van der Waals surface area (Å²) in [7, 11) is 1.79. The van der Waals surface area contributed by atoms with Gasteiger partial charge in [0, 0.05) is 25.5 Å². The molecule has 1 amide bonds. The van der Waals surface area contributed by atoms with Crippen LogP contribution >= 0.6 is 0 Å². The van der Waals surface area contributed by atoms with Gasteiger partial charge in [-0.1, -0.05) is 5.10 Å². The van der Waals surface area contributed by atoms with Crippen molar-refractivity contribution in [2.75, 3.05) is 5.32 Å². The van der Waals surface area contributed by atoms with Crippen LogP contribution in [0, 0.1) is 0 Å². The molecule has 3 aromatic rings. The maximum absolute atomic E-state index is 12.2. The van der Waals surface area contributed by atoms with Gasteiger partial charge in [-0.05, 0) is 26.0 Å². The van der Waals surface area contributed by atoms with Crippen LogP contribution in [0.5, 0.6) is 0 Å². The molecule has 3 heterocycles. The lowest BCUT2D eigenvalue weighted by molar-refractivity contribution is 0.101. The number of carbonyl (C=O) groups excluding carboxylic acids is 1. The molecule has 3 rings (SSSR count). The summed E-state index contributed by atoms with van der Waals surface area (Å²) in [6.45, 7) is 3.88. The Hall–Kier alpha value is -2.97. The molecule has 9 heteroatoms. The van der Waals surface area contributed by atoms with Gasteiger partial charge in [0.15, 0.2) is 0 Å². The highest BCUT2D eigenvalue weighted by Crippen LogP contribution is 2.18. The molecule has 0 radical (unpaired) electrons. The van der Waals surface area contributed by atoms with Crippen LogP contribution in [0.3, 0.4) is 0 Å². The van der Waals surface area contributed by atoms with Gasteiger partial charge >= 0.3 is 6.01 Å². The van der Waals surface area contributed by atoms with E-state index in [1.54, 1.807) is 40.9 Å². The van der Waals surface area contributed by atoms with Crippen molar-refractivity contribution >= 4 is 11.9 Å². The molecule has 114 valence electrons. The number of carbonyl (C=O) groups is 1. The fourth-order valence-electron chi connectivity index (χ4n) is 1.97. The number of nitrogens with zero attached hydrogens (tertiary/aromatic N) is 6. The number of aromatic nitrogens is 6. The Kier molecular flexibility index (Phi) is 3.45. The largest absolute Gasteiger partial charge is 0.401 e. The zero-order valence-corrected chi connectivity index (χ0v) is 12.4. The van der Waals surface area contributed by atoms with E-state index in [0.717, 1.165) is 0 Å². The zero-order valence-electron chi connectivity index (χ0n) is 12.4. The van der Waals surface area contributed by atoms with Crippen LogP contribution in [-0.4, -0.2) is 35.7 Å². The van der Waals surface area contributed by atoms with Crippen molar-refractivity contribution in [3.05, 3.63) is 30.2 Å². The summed E-state index contributed by atoms with van der Waals surface area (Å²) in [6, 6.07) is 3.46. The molecular formula is C13H15N7O2. The van der Waals surface area contributed by atoms with Gasteiger partial charge in [0.05, 0.1) is 0 Å². The van der Waals surface area contributed by atoms with Crippen LogP contribution in [0.25, 0.3) is 11.6 Å². The lowest BCUT2D eigenvalue weighted by Crippen LogP contribution is -2.19. The molecule has 0 bridgehead atoms. The van der Waals surface area contributed by atoms with Crippen LogP contribution in [0.1, 0.15) is 30.4 Å². The molecule has 22 heavy (non-hydrogen) atoms. The molecule has 0 saturated heterocycles. The number of rotatable bonds is 4. The molecule has 0 spiro atoms. The second-order valence-corrected chi connectivity index (χ2v) is 5.00. The number of anilines is 1. The van der Waals surface area contributed by atoms with E-state index in [0.29, 0.717) is 11.4 Å². The third-order valence-corrected chi connectivity index (χ3v) is 2.97. The Morgan fingerprint density at radius 1 is 1.32 bits per heavy atom. The average molecular weight is 301 g/mol. The van der Waals surface area contributed by atoms with Crippen LogP contribution in [0.4, 0.5) is 6.01 Å². The molecule has 0 fully saturated rings. The van der Waals surface area contributed by atoms with Gasteiger partial charge in [0.1, 0.15) is 11.4 Å². The first-order valence-electron chi connectivity index (χ1n) is 6.73. The van der Waals surface area contributed by atoms with E-state index in [4.69, 9.17) is 4.42 Å². The van der Waals surface area contributed by atoms with Crippen molar-refractivity contribution in [3.8, 4) is 11.6 Å². The maximum Gasteiger partial charge on any atom is 0.322 e. The predicted molar refractivity (Wildman–Crippen MR) is 77.1 cm³/mol. The summed E-state index contributed by atoms with van der Waals surface area (Å²) in [5.41, 5.74) is 0.968. The fraction of sp³-hybridized carbons (Fsp3) is 0.308. The van der Waals surface area contributed by atoms with E-state index in [-0.39, 0.29) is 23.9 Å². The molecule has 1 N–H and O–H groups in total. The van der Waals surface area contributed by atoms with E-state index in [9.17, 15) is 4.79 Å². The first-order valence-corrected chi connectivity index (χ1v) is 6.73. The van der Waals surface area contributed by atoms with E-state index in [2.05, 4.69) is 25.7 Å². The van der Waals surface area contributed by atoms with Crippen LogP contribution < -0.4 is 5.32 Å². The Morgan fingerprint density at radius 2 is 2.14 bits per heavy atom. The number of amides is 1. The molecular weight excluding hydrogens is 286 g/mol. The first-order chi connectivity index (χ1) is 10.5. The third-order valence-electron chi connectivity index (χ3n) is 2.97. The van der Waals surface area contributed by atoms with E-state index in [1.165, 1.54) is 0 Å². The highest BCUT2D eigenvalue weighted by molar-refractivity contribution is 6.01. The standard InChI is InChI=1S/C13H15N7O2/c1-8(2)20-10(4-6-14-20)11(21)15-13-17-16-12(22-13)9-5-7-19(3)18-9/h4-8H,1-3H3,(H,15,17,21). The SMILES string of the molecule is CC(C)n1nccc1C(=O)Nc1nnc(-c2ccn(C)n2)o1. The van der Waals surface area contributed by atoms with Gasteiger partial charge in [-0.2, -0.15) is 10.2 Å². The van der Waals surface area contributed by atoms with Crippen molar-refractivity contribution in [3.63, 3.8) is 0 Å². The second-order valence-electron chi connectivity index (χ2n) is 5.00. The molecule has 0 aliphatic carbocycles. The topological polar surface area (TPSA) is 104 Å². The monoisotopic (exact) mass is 301 g/mol. The van der Waals surface area contributed by atoms with Crippen molar-refractivity contribution in [2.45, 2.75) is 19.9 Å². The Labute approximate surface area is 125 Å². The lowest BCUT2D eigenvalue weighted by atomic mass is 10.3. The van der Waals surface area contributed by atoms with E-state index in [1.807, 2.05) is 13.8 Å². The van der Waals surface area contributed by atoms with Crippen LogP contribution in [0.15, 0.2) is 28.9 Å². The third kappa shape index (κ3) is 2.60. The minimum absolute atomic E-state index is 0.0159. The molecule has 9 nitrogen and oxygen atoms in total. The smallest absolute Gasteiger partial charge is 0.322 e. The van der Waals surface area contributed by atoms with E-state index < -0.39 is 0 Å². The summed E-state index contributed by atoms with van der Waals surface area (Å²) in [5.74, 6) is -0.115. The molecule has 0 aliphatic rings. The number of aryl methyl sites for hydroxylation is 1. The molecule has 0 unspecified atom stereocenters.